The molecule has 0 saturated carbocycles. The third kappa shape index (κ3) is 3.75. The summed E-state index contributed by atoms with van der Waals surface area (Å²) in [6, 6.07) is 13.2. The highest BCUT2D eigenvalue weighted by Gasteiger charge is 2.10. The minimum Gasteiger partial charge on any atom is -0.497 e. The number of hydrazone groups is 1. The minimum absolute atomic E-state index is 0.245. The van der Waals surface area contributed by atoms with Gasteiger partial charge in [-0.3, -0.25) is 4.79 Å². The zero-order valence-electron chi connectivity index (χ0n) is 14.1. The lowest BCUT2D eigenvalue weighted by molar-refractivity contribution is 0.0955. The Morgan fingerprint density at radius 2 is 1.88 bits per heavy atom. The van der Waals surface area contributed by atoms with Crippen LogP contribution in [-0.4, -0.2) is 18.7 Å². The van der Waals surface area contributed by atoms with Crippen LogP contribution >= 0.6 is 11.6 Å². The quantitative estimate of drug-likeness (QED) is 0.432. The number of halogens is 1. The van der Waals surface area contributed by atoms with Crippen LogP contribution in [0.4, 0.5) is 0 Å². The van der Waals surface area contributed by atoms with Crippen LogP contribution in [0.15, 0.2) is 62.8 Å². The van der Waals surface area contributed by atoms with E-state index in [0.717, 1.165) is 0 Å². The van der Waals surface area contributed by atoms with E-state index in [4.69, 9.17) is 20.8 Å². The smallest absolute Gasteiger partial charge is 0.345 e. The van der Waals surface area contributed by atoms with Crippen molar-refractivity contribution < 1.29 is 13.9 Å². The van der Waals surface area contributed by atoms with Gasteiger partial charge in [0, 0.05) is 16.0 Å². The van der Waals surface area contributed by atoms with Crippen molar-refractivity contribution in [3.05, 3.63) is 75.1 Å². The lowest BCUT2D eigenvalue weighted by Gasteiger charge is -2.05. The summed E-state index contributed by atoms with van der Waals surface area (Å²) < 4.78 is 10.3. The molecule has 1 aromatic heterocycles. The molecule has 1 N–H and O–H groups in total. The number of benzene rings is 2. The first-order valence-corrected chi connectivity index (χ1v) is 8.08. The van der Waals surface area contributed by atoms with Crippen LogP contribution < -0.4 is 15.8 Å². The summed E-state index contributed by atoms with van der Waals surface area (Å²) >= 11 is 5.97. The van der Waals surface area contributed by atoms with Crippen molar-refractivity contribution in [1.82, 2.24) is 5.43 Å². The Morgan fingerprint density at radius 1 is 1.15 bits per heavy atom. The van der Waals surface area contributed by atoms with E-state index in [-0.39, 0.29) is 5.56 Å². The first-order chi connectivity index (χ1) is 12.5. The van der Waals surface area contributed by atoms with Crippen LogP contribution in [0, 0.1) is 0 Å². The molecule has 0 aliphatic rings. The molecule has 0 bridgehead atoms. The van der Waals surface area contributed by atoms with E-state index in [1.165, 1.54) is 0 Å². The van der Waals surface area contributed by atoms with Crippen molar-refractivity contribution >= 4 is 34.2 Å². The fraction of sp³-hybridized carbons (Fsp3) is 0.105. The summed E-state index contributed by atoms with van der Waals surface area (Å²) in [5.41, 5.74) is 3.29. The monoisotopic (exact) mass is 370 g/mol. The molecule has 0 saturated heterocycles. The van der Waals surface area contributed by atoms with E-state index in [0.29, 0.717) is 33.0 Å². The van der Waals surface area contributed by atoms with Crippen molar-refractivity contribution in [3.8, 4) is 5.75 Å². The molecule has 0 atom stereocenters. The lowest BCUT2D eigenvalue weighted by Crippen LogP contribution is -2.21. The van der Waals surface area contributed by atoms with Crippen LogP contribution in [0.3, 0.4) is 0 Å². The van der Waals surface area contributed by atoms with Crippen LogP contribution in [-0.2, 0) is 0 Å². The van der Waals surface area contributed by atoms with Gasteiger partial charge in [-0.1, -0.05) is 11.6 Å². The third-order valence-corrected chi connectivity index (χ3v) is 4.00. The molecule has 0 unspecified atom stereocenters. The second-order valence-corrected chi connectivity index (χ2v) is 5.93. The maximum absolute atomic E-state index is 12.1. The van der Waals surface area contributed by atoms with Crippen LogP contribution in [0.25, 0.3) is 11.0 Å². The van der Waals surface area contributed by atoms with E-state index in [1.807, 2.05) is 0 Å². The molecule has 3 aromatic rings. The predicted octanol–water partition coefficient (Wildman–Crippen LogP) is 3.61. The molecule has 3 rings (SSSR count). The summed E-state index contributed by atoms with van der Waals surface area (Å²) in [5.74, 6) is 0.244. The zero-order valence-corrected chi connectivity index (χ0v) is 14.8. The van der Waals surface area contributed by atoms with Gasteiger partial charge in [0.25, 0.3) is 5.91 Å². The highest BCUT2D eigenvalue weighted by molar-refractivity contribution is 6.31. The van der Waals surface area contributed by atoms with E-state index < -0.39 is 11.5 Å². The average molecular weight is 371 g/mol. The molecule has 2 aromatic carbocycles. The summed E-state index contributed by atoms with van der Waals surface area (Å²) in [6.07, 6.45) is 0. The van der Waals surface area contributed by atoms with Crippen LogP contribution in [0.2, 0.25) is 5.02 Å². The van der Waals surface area contributed by atoms with Crippen molar-refractivity contribution in [2.75, 3.05) is 7.11 Å². The number of carbonyl (C=O) groups is 1. The minimum atomic E-state index is -0.542. The number of hydrogen-bond acceptors (Lipinski definition) is 5. The first-order valence-electron chi connectivity index (χ1n) is 7.70. The fourth-order valence-electron chi connectivity index (χ4n) is 2.35. The summed E-state index contributed by atoms with van der Waals surface area (Å²) in [7, 11) is 1.55. The Bertz CT molecular complexity index is 1060. The standard InChI is InChI=1S/C19H15ClN2O4/c1-11(21-22-18(23)12-3-6-15(25-2)7-4-12)16-10-13-9-14(20)5-8-17(13)26-19(16)24/h3-10H,1-2H3,(H,22,23)/b21-11-. The summed E-state index contributed by atoms with van der Waals surface area (Å²) in [4.78, 5) is 24.3. The van der Waals surface area contributed by atoms with Gasteiger partial charge in [0.1, 0.15) is 11.3 Å². The van der Waals surface area contributed by atoms with Crippen molar-refractivity contribution in [1.29, 1.82) is 0 Å². The van der Waals surface area contributed by atoms with Gasteiger partial charge < -0.3 is 9.15 Å². The van der Waals surface area contributed by atoms with Gasteiger partial charge >= 0.3 is 5.63 Å². The molecular formula is C19H15ClN2O4. The van der Waals surface area contributed by atoms with Crippen molar-refractivity contribution in [3.63, 3.8) is 0 Å². The fourth-order valence-corrected chi connectivity index (χ4v) is 2.53. The van der Waals surface area contributed by atoms with Gasteiger partial charge in [0.05, 0.1) is 18.4 Å². The summed E-state index contributed by atoms with van der Waals surface area (Å²) in [6.45, 7) is 1.61. The van der Waals surface area contributed by atoms with E-state index >= 15 is 0 Å². The molecule has 132 valence electrons. The molecule has 7 heteroatoms. The number of nitrogens with one attached hydrogen (secondary N) is 1. The highest BCUT2D eigenvalue weighted by Crippen LogP contribution is 2.19. The maximum Gasteiger partial charge on any atom is 0.345 e. The topological polar surface area (TPSA) is 80.9 Å². The molecular weight excluding hydrogens is 356 g/mol. The van der Waals surface area contributed by atoms with Crippen molar-refractivity contribution in [2.45, 2.75) is 6.92 Å². The average Bonchev–Trinajstić information content (AvgIpc) is 2.65. The lowest BCUT2D eigenvalue weighted by atomic mass is 10.1. The Morgan fingerprint density at radius 3 is 2.58 bits per heavy atom. The number of methoxy groups -OCH3 is 1. The number of nitrogens with zero attached hydrogens (tertiary/aromatic N) is 1. The molecule has 6 nitrogen and oxygen atoms in total. The van der Waals surface area contributed by atoms with Gasteiger partial charge in [0.2, 0.25) is 0 Å². The van der Waals surface area contributed by atoms with E-state index in [2.05, 4.69) is 10.5 Å². The third-order valence-electron chi connectivity index (χ3n) is 3.76. The highest BCUT2D eigenvalue weighted by atomic mass is 35.5. The molecule has 26 heavy (non-hydrogen) atoms. The molecule has 0 fully saturated rings. The number of carbonyl (C=O) groups excluding carboxylic acids is 1. The van der Waals surface area contributed by atoms with E-state index in [1.54, 1.807) is 62.6 Å². The molecule has 1 heterocycles. The summed E-state index contributed by atoms with van der Waals surface area (Å²) in [5, 5.41) is 5.19. The number of rotatable bonds is 4. The Kier molecular flexibility index (Phi) is 5.04. The number of ether oxygens (including phenoxy) is 1. The zero-order chi connectivity index (χ0) is 18.7. The Balaban J connectivity index is 1.84. The van der Waals surface area contributed by atoms with Crippen LogP contribution in [0.1, 0.15) is 22.8 Å². The largest absolute Gasteiger partial charge is 0.497 e. The molecule has 0 aliphatic heterocycles. The van der Waals surface area contributed by atoms with Gasteiger partial charge in [-0.2, -0.15) is 5.10 Å². The number of amides is 1. The molecule has 0 radical (unpaired) electrons. The molecule has 1 amide bonds. The van der Waals surface area contributed by atoms with E-state index in [9.17, 15) is 9.59 Å². The molecule has 0 spiro atoms. The second-order valence-electron chi connectivity index (χ2n) is 5.50. The van der Waals surface area contributed by atoms with Crippen LogP contribution in [0.5, 0.6) is 5.75 Å². The SMILES string of the molecule is COc1ccc(C(=O)N/N=C(/C)c2cc3cc(Cl)ccc3oc2=O)cc1. The molecule has 0 aliphatic carbocycles. The Hall–Kier alpha value is -3.12. The van der Waals surface area contributed by atoms with Crippen molar-refractivity contribution in [2.24, 2.45) is 5.10 Å². The Labute approximate surface area is 154 Å². The van der Waals surface area contributed by atoms with Gasteiger partial charge in [0.15, 0.2) is 0 Å². The normalized spacial score (nSPS) is 11.4. The second kappa shape index (κ2) is 7.41. The van der Waals surface area contributed by atoms with Gasteiger partial charge in [-0.15, -0.1) is 0 Å². The maximum atomic E-state index is 12.1. The number of fused-ring (bicyclic) bond motifs is 1. The number of hydrogen-bond donors (Lipinski definition) is 1. The predicted molar refractivity (Wildman–Crippen MR) is 100 cm³/mol. The van der Waals surface area contributed by atoms with Gasteiger partial charge in [-0.25, -0.2) is 10.2 Å². The first kappa shape index (κ1) is 17.7. The van der Waals surface area contributed by atoms with Gasteiger partial charge in [-0.05, 0) is 55.5 Å².